The van der Waals surface area contributed by atoms with E-state index in [-0.39, 0.29) is 24.2 Å². The topological polar surface area (TPSA) is 193 Å². The van der Waals surface area contributed by atoms with Crippen molar-refractivity contribution in [1.29, 1.82) is 5.26 Å². The Balaban J connectivity index is 0.000000831. The Hall–Kier alpha value is -6.62. The largest absolute Gasteiger partial charge is 0.490 e. The number of carboxylic acids is 1. The summed E-state index contributed by atoms with van der Waals surface area (Å²) in [5, 5.41) is 19.4. The molecular formula is C51H53ClF3N9O7. The number of carbonyl (C=O) groups excluding carboxylic acids is 4. The van der Waals surface area contributed by atoms with E-state index in [2.05, 4.69) is 61.9 Å². The predicted octanol–water partition coefficient (Wildman–Crippen LogP) is 6.20. The lowest BCUT2D eigenvalue weighted by Crippen LogP contribution is -2.68. The Morgan fingerprint density at radius 2 is 1.54 bits per heavy atom. The fourth-order valence-electron chi connectivity index (χ4n) is 10.7. The molecule has 0 radical (unpaired) electrons. The smallest absolute Gasteiger partial charge is 0.487 e. The van der Waals surface area contributed by atoms with Gasteiger partial charge in [0.15, 0.2) is 0 Å². The number of carbonyl (C=O) groups is 5. The molecule has 6 heterocycles. The minimum absolute atomic E-state index is 0.103. The monoisotopic (exact) mass is 995 g/mol. The number of amides is 4. The van der Waals surface area contributed by atoms with Crippen LogP contribution in [0.2, 0.25) is 5.02 Å². The van der Waals surface area contributed by atoms with Crippen molar-refractivity contribution in [2.24, 2.45) is 5.41 Å². The quantitative estimate of drug-likeness (QED) is 0.171. The molecule has 6 aliphatic rings. The van der Waals surface area contributed by atoms with Gasteiger partial charge in [-0.25, -0.2) is 14.8 Å². The number of piperazine rings is 1. The van der Waals surface area contributed by atoms with Gasteiger partial charge in [-0.2, -0.15) is 18.4 Å². The van der Waals surface area contributed by atoms with Crippen molar-refractivity contribution >= 4 is 52.8 Å². The van der Waals surface area contributed by atoms with Gasteiger partial charge in [0.25, 0.3) is 11.8 Å². The number of fused-ring (bicyclic) bond motifs is 1. The summed E-state index contributed by atoms with van der Waals surface area (Å²) in [5.41, 5.74) is 5.05. The number of nitrogens with zero attached hydrogens (tertiary/aromatic N) is 8. The number of halogens is 4. The third-order valence-corrected chi connectivity index (χ3v) is 15.3. The maximum Gasteiger partial charge on any atom is 0.490 e. The van der Waals surface area contributed by atoms with Crippen molar-refractivity contribution in [3.63, 3.8) is 0 Å². The van der Waals surface area contributed by atoms with E-state index in [1.54, 1.807) is 12.1 Å². The zero-order valence-electron chi connectivity index (χ0n) is 39.3. The molecule has 1 aliphatic carbocycles. The van der Waals surface area contributed by atoms with Gasteiger partial charge in [-0.15, -0.1) is 0 Å². The summed E-state index contributed by atoms with van der Waals surface area (Å²) in [6.45, 7) is 12.4. The molecule has 1 atom stereocenters. The van der Waals surface area contributed by atoms with Gasteiger partial charge in [0, 0.05) is 93.2 Å². The van der Waals surface area contributed by atoms with Crippen LogP contribution in [0, 0.1) is 16.7 Å². The van der Waals surface area contributed by atoms with Crippen LogP contribution in [0.4, 0.5) is 24.8 Å². The highest BCUT2D eigenvalue weighted by Gasteiger charge is 2.51. The summed E-state index contributed by atoms with van der Waals surface area (Å²) in [6.07, 6.45) is 1.66. The number of imide groups is 2. The van der Waals surface area contributed by atoms with Crippen molar-refractivity contribution in [1.82, 2.24) is 30.0 Å². The van der Waals surface area contributed by atoms with Crippen LogP contribution in [0.3, 0.4) is 0 Å². The Labute approximate surface area is 413 Å². The maximum atomic E-state index is 13.4. The Bertz CT molecular complexity index is 2770. The fourth-order valence-corrected chi connectivity index (χ4v) is 11.0. The third kappa shape index (κ3) is 10.3. The second-order valence-corrected chi connectivity index (χ2v) is 20.2. The molecule has 20 heteroatoms. The Morgan fingerprint density at radius 3 is 2.18 bits per heavy atom. The molecule has 5 aliphatic heterocycles. The highest BCUT2D eigenvalue weighted by Crippen LogP contribution is 2.52. The van der Waals surface area contributed by atoms with Crippen LogP contribution in [0.5, 0.6) is 5.75 Å². The SMILES string of the molecule is CC(C)(c1ccc(OCc2ccnc(N3CCN(C4CN(C5CC6(CCN(c7ccc8c(c7)C(=O)N(C7CCC(=O)NC7=O)C8=O)CC6)C5)C4)CC3)n2)cc1)c1cc(Cl)cc(C#N)c1.O=C(O)C(F)(F)F. The summed E-state index contributed by atoms with van der Waals surface area (Å²) in [4.78, 5) is 80.0. The summed E-state index contributed by atoms with van der Waals surface area (Å²) in [7, 11) is 0. The summed E-state index contributed by atoms with van der Waals surface area (Å²) < 4.78 is 37.9. The van der Waals surface area contributed by atoms with Gasteiger partial charge in [-0.3, -0.25) is 39.2 Å². The number of carboxylic acid groups (broad SMARTS) is 1. The van der Waals surface area contributed by atoms with Crippen LogP contribution < -0.4 is 19.9 Å². The predicted molar refractivity (Wildman–Crippen MR) is 254 cm³/mol. The molecule has 71 heavy (non-hydrogen) atoms. The molecule has 1 unspecified atom stereocenters. The summed E-state index contributed by atoms with van der Waals surface area (Å²) in [6, 6.07) is 23.4. The van der Waals surface area contributed by atoms with E-state index in [1.165, 1.54) is 12.8 Å². The molecule has 0 bridgehead atoms. The molecule has 16 nitrogen and oxygen atoms in total. The molecule has 4 aromatic rings. The number of aliphatic carboxylic acids is 1. The first-order chi connectivity index (χ1) is 33.8. The lowest BCUT2D eigenvalue weighted by Gasteiger charge is -2.60. The lowest BCUT2D eigenvalue weighted by molar-refractivity contribution is -0.192. The van der Waals surface area contributed by atoms with E-state index in [4.69, 9.17) is 31.2 Å². The van der Waals surface area contributed by atoms with Crippen LogP contribution >= 0.6 is 11.6 Å². The van der Waals surface area contributed by atoms with Crippen LogP contribution in [0.1, 0.15) is 95.5 Å². The molecule has 4 amide bonds. The van der Waals surface area contributed by atoms with Gasteiger partial charge < -0.3 is 19.6 Å². The van der Waals surface area contributed by atoms with Gasteiger partial charge in [-0.1, -0.05) is 37.6 Å². The Morgan fingerprint density at radius 1 is 0.859 bits per heavy atom. The molecule has 1 spiro atoms. The molecule has 10 rings (SSSR count). The fraction of sp³-hybridized carbons (Fsp3) is 0.451. The van der Waals surface area contributed by atoms with Crippen LogP contribution in [-0.4, -0.2) is 136 Å². The number of piperidine rings is 2. The minimum atomic E-state index is -5.08. The van der Waals surface area contributed by atoms with Gasteiger partial charge in [-0.05, 0) is 103 Å². The molecular weight excluding hydrogens is 943 g/mol. The normalized spacial score (nSPS) is 20.9. The van der Waals surface area contributed by atoms with Crippen LogP contribution in [0.25, 0.3) is 0 Å². The van der Waals surface area contributed by atoms with Gasteiger partial charge >= 0.3 is 12.1 Å². The number of rotatable bonds is 10. The summed E-state index contributed by atoms with van der Waals surface area (Å²) >= 11 is 6.31. The standard InChI is InChI=1S/C49H52ClN9O5.C2HF3O2/c1-48(2,33-21-31(27-51)22-34(50)23-33)32-3-6-39(7-4-32)64-30-35-11-14-52-47(53-35)57-19-17-56(18-20-57)38-28-58(29-38)37-25-49(26-37)12-15-55(16-13-49)36-5-8-40-41(24-36)46(63)59(45(40)62)42-9-10-43(60)54-44(42)61;3-2(4,5)1(6)7/h3-8,11,14,21-24,37-38,42H,9-10,12-13,15-20,25-26,28-30H2,1-2H3,(H,54,60,61);(H,6,7). The average Bonchev–Trinajstić information content (AvgIpc) is 3.57. The van der Waals surface area contributed by atoms with E-state index in [9.17, 15) is 37.6 Å². The van der Waals surface area contributed by atoms with Crippen molar-refractivity contribution in [3.05, 3.63) is 111 Å². The number of ether oxygens (including phenoxy) is 1. The van der Waals surface area contributed by atoms with E-state index in [0.29, 0.717) is 45.8 Å². The lowest BCUT2D eigenvalue weighted by atomic mass is 9.59. The first kappa shape index (κ1) is 49.4. The number of likely N-dealkylation sites (tertiary alicyclic amines) is 1. The molecule has 4 saturated heterocycles. The number of benzene rings is 3. The first-order valence-corrected chi connectivity index (χ1v) is 24.1. The van der Waals surface area contributed by atoms with Gasteiger partial charge in [0.05, 0.1) is 28.5 Å². The second kappa shape index (κ2) is 19.5. The van der Waals surface area contributed by atoms with Crippen LogP contribution in [-0.2, 0) is 26.4 Å². The van der Waals surface area contributed by atoms with E-state index < -0.39 is 35.9 Å². The number of alkyl halides is 3. The average molecular weight is 996 g/mol. The molecule has 2 N–H and O–H groups in total. The van der Waals surface area contributed by atoms with E-state index in [0.717, 1.165) is 104 Å². The van der Waals surface area contributed by atoms with Crippen molar-refractivity contribution in [2.45, 2.75) is 88.7 Å². The highest BCUT2D eigenvalue weighted by atomic mass is 35.5. The zero-order valence-corrected chi connectivity index (χ0v) is 40.0. The highest BCUT2D eigenvalue weighted by molar-refractivity contribution is 6.30. The number of anilines is 2. The molecule has 1 saturated carbocycles. The molecule has 3 aromatic carbocycles. The zero-order chi connectivity index (χ0) is 50.4. The number of nitriles is 1. The minimum Gasteiger partial charge on any atom is -0.487 e. The summed E-state index contributed by atoms with van der Waals surface area (Å²) in [5.74, 6) is -3.16. The number of hydrogen-bond acceptors (Lipinski definition) is 13. The molecule has 1 aromatic heterocycles. The van der Waals surface area contributed by atoms with E-state index >= 15 is 0 Å². The number of nitrogens with one attached hydrogen (secondary N) is 1. The number of hydrogen-bond donors (Lipinski definition) is 2. The second-order valence-electron chi connectivity index (χ2n) is 19.8. The van der Waals surface area contributed by atoms with Crippen molar-refractivity contribution in [3.8, 4) is 11.8 Å². The third-order valence-electron chi connectivity index (χ3n) is 15.1. The van der Waals surface area contributed by atoms with Crippen molar-refractivity contribution < 1.29 is 47.0 Å². The molecule has 5 fully saturated rings. The van der Waals surface area contributed by atoms with E-state index in [1.807, 2.05) is 48.7 Å². The first-order valence-electron chi connectivity index (χ1n) is 23.7. The van der Waals surface area contributed by atoms with Crippen LogP contribution in [0.15, 0.2) is 72.9 Å². The van der Waals surface area contributed by atoms with Gasteiger partial charge in [0.1, 0.15) is 18.4 Å². The molecule has 372 valence electrons. The van der Waals surface area contributed by atoms with Crippen molar-refractivity contribution in [2.75, 3.05) is 62.2 Å². The number of aromatic nitrogens is 2. The Kier molecular flexibility index (Phi) is 13.6. The maximum absolute atomic E-state index is 13.4. The van der Waals surface area contributed by atoms with Gasteiger partial charge in [0.2, 0.25) is 17.8 Å².